The Morgan fingerprint density at radius 2 is 1.40 bits per heavy atom. The van der Waals surface area contributed by atoms with Crippen molar-refractivity contribution < 1.29 is 0 Å². The molecule has 0 aliphatic heterocycles. The van der Waals surface area contributed by atoms with Crippen molar-refractivity contribution in [1.82, 2.24) is 0 Å². The number of hydrogen-bond acceptors (Lipinski definition) is 1. The van der Waals surface area contributed by atoms with E-state index in [1.807, 2.05) is 0 Å². The van der Waals surface area contributed by atoms with Crippen LogP contribution in [0.2, 0.25) is 0 Å². The lowest BCUT2D eigenvalue weighted by Crippen LogP contribution is -2.51. The van der Waals surface area contributed by atoms with Crippen LogP contribution >= 0.6 is 31.9 Å². The van der Waals surface area contributed by atoms with Gasteiger partial charge in [0, 0.05) is 15.0 Å². The molecule has 0 amide bonds. The fourth-order valence-corrected chi connectivity index (χ4v) is 6.81. The predicted octanol–water partition coefficient (Wildman–Crippen LogP) is 5.76. The Morgan fingerprint density at radius 3 is 1.90 bits per heavy atom. The van der Waals surface area contributed by atoms with Crippen LogP contribution in [-0.4, -0.2) is 6.04 Å². The third-order valence-corrected chi connectivity index (χ3v) is 6.98. The summed E-state index contributed by atoms with van der Waals surface area (Å²) in [5.74, 6) is 3.90. The van der Waals surface area contributed by atoms with E-state index in [0.29, 0.717) is 6.04 Å². The second kappa shape index (κ2) is 5.01. The summed E-state index contributed by atoms with van der Waals surface area (Å²) in [5.41, 5.74) is 2.55. The first-order chi connectivity index (χ1) is 9.60. The minimum atomic E-state index is 0.693. The molecule has 108 valence electrons. The summed E-state index contributed by atoms with van der Waals surface area (Å²) in [5, 5.41) is 3.89. The highest BCUT2D eigenvalue weighted by Gasteiger charge is 2.48. The highest BCUT2D eigenvalue weighted by Crippen LogP contribution is 2.54. The fraction of sp³-hybridized carbons (Fsp3) is 0.647. The van der Waals surface area contributed by atoms with E-state index >= 15 is 0 Å². The molecule has 20 heavy (non-hydrogen) atoms. The zero-order valence-electron chi connectivity index (χ0n) is 11.8. The summed E-state index contributed by atoms with van der Waals surface area (Å²) >= 11 is 7.47. The van der Waals surface area contributed by atoms with Crippen molar-refractivity contribution in [2.45, 2.75) is 45.1 Å². The van der Waals surface area contributed by atoms with Gasteiger partial charge in [-0.2, -0.15) is 0 Å². The van der Waals surface area contributed by atoms with Gasteiger partial charge in [0.05, 0.1) is 5.69 Å². The molecule has 0 radical (unpaired) electrons. The molecule has 1 aromatic carbocycles. The second-order valence-corrected chi connectivity index (χ2v) is 8.91. The van der Waals surface area contributed by atoms with Crippen LogP contribution in [0, 0.1) is 30.6 Å². The summed E-state index contributed by atoms with van der Waals surface area (Å²) in [6.07, 6.45) is 7.38. The monoisotopic (exact) mass is 397 g/mol. The third-order valence-electron chi connectivity index (χ3n) is 5.72. The molecule has 1 N–H and O–H groups in total. The summed E-state index contributed by atoms with van der Waals surface area (Å²) in [6, 6.07) is 5.12. The minimum Gasteiger partial charge on any atom is -0.380 e. The minimum absolute atomic E-state index is 0.693. The molecular weight excluding hydrogens is 378 g/mol. The number of hydrogen-bond donors (Lipinski definition) is 1. The Labute approximate surface area is 138 Å². The highest BCUT2D eigenvalue weighted by atomic mass is 79.9. The standard InChI is InChI=1S/C17H21Br2N/c1-9-2-14(18)17(15(19)3-9)20-16-12-5-10-4-11(7-12)8-13(16)6-10/h2-3,10-13,16,20H,4-8H2,1H3. The maximum Gasteiger partial charge on any atom is 0.0631 e. The highest BCUT2D eigenvalue weighted by molar-refractivity contribution is 9.11. The molecule has 4 bridgehead atoms. The summed E-state index contributed by atoms with van der Waals surface area (Å²) in [6.45, 7) is 2.14. The molecule has 0 aromatic heterocycles. The number of aryl methyl sites for hydroxylation is 1. The van der Waals surface area contributed by atoms with E-state index in [9.17, 15) is 0 Å². The van der Waals surface area contributed by atoms with Gasteiger partial charge in [-0.25, -0.2) is 0 Å². The maximum atomic E-state index is 3.89. The molecule has 4 saturated carbocycles. The van der Waals surface area contributed by atoms with Crippen LogP contribution in [0.4, 0.5) is 5.69 Å². The second-order valence-electron chi connectivity index (χ2n) is 7.20. The normalized spacial score (nSPS) is 38.2. The Balaban J connectivity index is 1.61. The number of anilines is 1. The molecule has 0 unspecified atom stereocenters. The first-order valence-electron chi connectivity index (χ1n) is 7.82. The van der Waals surface area contributed by atoms with E-state index in [1.54, 1.807) is 0 Å². The molecule has 5 rings (SSSR count). The third kappa shape index (κ3) is 2.25. The van der Waals surface area contributed by atoms with Crippen molar-refractivity contribution in [3.63, 3.8) is 0 Å². The summed E-state index contributed by atoms with van der Waals surface area (Å²) < 4.78 is 2.39. The van der Waals surface area contributed by atoms with E-state index in [2.05, 4.69) is 56.2 Å². The largest absolute Gasteiger partial charge is 0.380 e. The van der Waals surface area contributed by atoms with Crippen LogP contribution in [0.3, 0.4) is 0 Å². The van der Waals surface area contributed by atoms with Crippen molar-refractivity contribution in [3.8, 4) is 0 Å². The van der Waals surface area contributed by atoms with E-state index < -0.39 is 0 Å². The quantitative estimate of drug-likeness (QED) is 0.667. The number of nitrogens with one attached hydrogen (secondary N) is 1. The van der Waals surface area contributed by atoms with Crippen LogP contribution in [0.25, 0.3) is 0 Å². The summed E-state index contributed by atoms with van der Waals surface area (Å²) in [7, 11) is 0. The van der Waals surface area contributed by atoms with Gasteiger partial charge in [0.1, 0.15) is 0 Å². The fourth-order valence-electron chi connectivity index (χ4n) is 5.17. The van der Waals surface area contributed by atoms with E-state index in [-0.39, 0.29) is 0 Å². The van der Waals surface area contributed by atoms with Gasteiger partial charge in [-0.1, -0.05) is 0 Å². The molecule has 0 heterocycles. The zero-order valence-corrected chi connectivity index (χ0v) is 15.0. The van der Waals surface area contributed by atoms with Crippen LogP contribution in [0.5, 0.6) is 0 Å². The summed E-state index contributed by atoms with van der Waals surface area (Å²) in [4.78, 5) is 0. The van der Waals surface area contributed by atoms with Gasteiger partial charge >= 0.3 is 0 Å². The van der Waals surface area contributed by atoms with Crippen molar-refractivity contribution in [2.75, 3.05) is 5.32 Å². The van der Waals surface area contributed by atoms with Crippen LogP contribution in [0.15, 0.2) is 21.1 Å². The number of rotatable bonds is 2. The van der Waals surface area contributed by atoms with E-state index in [4.69, 9.17) is 0 Å². The first kappa shape index (κ1) is 13.6. The lowest BCUT2D eigenvalue weighted by atomic mass is 9.54. The molecule has 1 nitrogen and oxygen atoms in total. The van der Waals surface area contributed by atoms with Crippen LogP contribution in [0.1, 0.15) is 37.7 Å². The Hall–Kier alpha value is -0.0200. The van der Waals surface area contributed by atoms with Gasteiger partial charge in [-0.15, -0.1) is 0 Å². The van der Waals surface area contributed by atoms with Crippen molar-refractivity contribution >= 4 is 37.5 Å². The predicted molar refractivity (Wildman–Crippen MR) is 91.0 cm³/mol. The molecule has 0 atom stereocenters. The molecule has 1 aromatic rings. The van der Waals surface area contributed by atoms with Crippen molar-refractivity contribution in [2.24, 2.45) is 23.7 Å². The van der Waals surface area contributed by atoms with Crippen LogP contribution < -0.4 is 5.32 Å². The Morgan fingerprint density at radius 1 is 0.900 bits per heavy atom. The maximum absolute atomic E-state index is 3.89. The molecular formula is C17H21Br2N. The first-order valence-corrected chi connectivity index (χ1v) is 9.41. The number of benzene rings is 1. The molecule has 4 aliphatic carbocycles. The average Bonchev–Trinajstić information content (AvgIpc) is 2.35. The molecule has 0 spiro atoms. The van der Waals surface area contributed by atoms with Crippen molar-refractivity contribution in [3.05, 3.63) is 26.6 Å². The Kier molecular flexibility index (Phi) is 3.42. The molecule has 0 saturated heterocycles. The SMILES string of the molecule is Cc1cc(Br)c(NC2C3CC4CC(C3)CC2C4)c(Br)c1. The lowest BCUT2D eigenvalue weighted by Gasteiger charge is -2.54. The van der Waals surface area contributed by atoms with E-state index in [0.717, 1.165) is 23.7 Å². The Bertz CT molecular complexity index is 489. The molecule has 4 aliphatic rings. The zero-order chi connectivity index (χ0) is 13.9. The van der Waals surface area contributed by atoms with Gasteiger partial charge in [0.25, 0.3) is 0 Å². The average molecular weight is 399 g/mol. The van der Waals surface area contributed by atoms with Gasteiger partial charge in [0.2, 0.25) is 0 Å². The van der Waals surface area contributed by atoms with Crippen LogP contribution in [-0.2, 0) is 0 Å². The van der Waals surface area contributed by atoms with Gasteiger partial charge in [-0.3, -0.25) is 0 Å². The lowest BCUT2D eigenvalue weighted by molar-refractivity contribution is 0.00750. The van der Waals surface area contributed by atoms with E-state index in [1.165, 1.54) is 52.3 Å². The molecule has 3 heteroatoms. The van der Waals surface area contributed by atoms with Gasteiger partial charge < -0.3 is 5.32 Å². The van der Waals surface area contributed by atoms with Gasteiger partial charge in [0.15, 0.2) is 0 Å². The van der Waals surface area contributed by atoms with Crippen molar-refractivity contribution in [1.29, 1.82) is 0 Å². The molecule has 4 fully saturated rings. The van der Waals surface area contributed by atoms with Gasteiger partial charge in [-0.05, 0) is 112 Å². The topological polar surface area (TPSA) is 12.0 Å². The number of halogens is 2. The smallest absolute Gasteiger partial charge is 0.0631 e.